The Labute approximate surface area is 165 Å². The molecule has 1 N–H and O–H groups in total. The van der Waals surface area contributed by atoms with Gasteiger partial charge in [-0.05, 0) is 62.2 Å². The number of carbonyl (C=O) groups is 1. The molecular formula is C21H26ClNO4. The van der Waals surface area contributed by atoms with Crippen molar-refractivity contribution in [2.45, 2.75) is 39.3 Å². The molecule has 0 saturated heterocycles. The minimum Gasteiger partial charge on any atom is -0.493 e. The molecule has 0 aliphatic rings. The number of carbonyl (C=O) groups excluding carboxylic acids is 1. The molecule has 0 bridgehead atoms. The first-order valence-electron chi connectivity index (χ1n) is 8.88. The summed E-state index contributed by atoms with van der Waals surface area (Å²) in [7, 11) is 1.60. The number of ether oxygens (including phenoxy) is 3. The van der Waals surface area contributed by atoms with E-state index in [-0.39, 0.29) is 5.91 Å². The summed E-state index contributed by atoms with van der Waals surface area (Å²) in [4.78, 5) is 12.6. The molecule has 0 aliphatic heterocycles. The Morgan fingerprint density at radius 1 is 1.11 bits per heavy atom. The van der Waals surface area contributed by atoms with E-state index in [9.17, 15) is 4.79 Å². The molecule has 0 atom stereocenters. The van der Waals surface area contributed by atoms with Gasteiger partial charge in [0.25, 0.3) is 5.91 Å². The number of halogens is 1. The predicted molar refractivity (Wildman–Crippen MR) is 107 cm³/mol. The zero-order valence-corrected chi connectivity index (χ0v) is 16.9. The van der Waals surface area contributed by atoms with Gasteiger partial charge in [-0.15, -0.1) is 0 Å². The van der Waals surface area contributed by atoms with Crippen molar-refractivity contribution >= 4 is 17.5 Å². The second kappa shape index (κ2) is 9.51. The molecule has 5 nitrogen and oxygen atoms in total. The topological polar surface area (TPSA) is 56.8 Å². The fourth-order valence-electron chi connectivity index (χ4n) is 2.39. The lowest BCUT2D eigenvalue weighted by atomic mass is 10.1. The molecule has 27 heavy (non-hydrogen) atoms. The lowest BCUT2D eigenvalue weighted by Crippen LogP contribution is -2.46. The van der Waals surface area contributed by atoms with E-state index >= 15 is 0 Å². The average Bonchev–Trinajstić information content (AvgIpc) is 2.66. The first kappa shape index (κ1) is 20.9. The molecule has 0 aliphatic carbocycles. The van der Waals surface area contributed by atoms with E-state index in [0.717, 1.165) is 12.0 Å². The molecule has 2 aromatic rings. The van der Waals surface area contributed by atoms with Crippen molar-refractivity contribution in [2.75, 3.05) is 13.7 Å². The van der Waals surface area contributed by atoms with Crippen LogP contribution in [0, 0.1) is 0 Å². The van der Waals surface area contributed by atoms with Crippen LogP contribution < -0.4 is 19.5 Å². The average molecular weight is 392 g/mol. The SMILES string of the molecule is CCCOc1ccc(CNC(=O)C(C)(C)Oc2ccc(Cl)cc2)cc1OC. The van der Waals surface area contributed by atoms with Crippen molar-refractivity contribution in [1.29, 1.82) is 0 Å². The quantitative estimate of drug-likeness (QED) is 0.678. The molecule has 2 aromatic carbocycles. The maximum atomic E-state index is 12.6. The third-order valence-corrected chi connectivity index (χ3v) is 4.13. The molecule has 0 unspecified atom stereocenters. The molecule has 0 saturated carbocycles. The Morgan fingerprint density at radius 2 is 1.81 bits per heavy atom. The van der Waals surface area contributed by atoms with E-state index in [4.69, 9.17) is 25.8 Å². The van der Waals surface area contributed by atoms with Crippen LogP contribution in [0.3, 0.4) is 0 Å². The molecule has 0 fully saturated rings. The minimum absolute atomic E-state index is 0.220. The summed E-state index contributed by atoms with van der Waals surface area (Å²) in [5.41, 5.74) is -0.117. The Hall–Kier alpha value is -2.40. The highest BCUT2D eigenvalue weighted by atomic mass is 35.5. The van der Waals surface area contributed by atoms with Crippen molar-refractivity contribution in [3.05, 3.63) is 53.1 Å². The van der Waals surface area contributed by atoms with Gasteiger partial charge in [-0.1, -0.05) is 24.6 Å². The van der Waals surface area contributed by atoms with Gasteiger partial charge in [-0.2, -0.15) is 0 Å². The molecule has 1 amide bonds. The smallest absolute Gasteiger partial charge is 0.263 e. The highest BCUT2D eigenvalue weighted by Crippen LogP contribution is 2.28. The summed E-state index contributed by atoms with van der Waals surface area (Å²) in [5, 5.41) is 3.51. The summed E-state index contributed by atoms with van der Waals surface area (Å²) in [6.45, 7) is 6.47. The first-order chi connectivity index (χ1) is 12.9. The van der Waals surface area contributed by atoms with Crippen LogP contribution in [0.15, 0.2) is 42.5 Å². The Morgan fingerprint density at radius 3 is 2.44 bits per heavy atom. The maximum absolute atomic E-state index is 12.6. The second-order valence-corrected chi connectivity index (χ2v) is 7.02. The third kappa shape index (κ3) is 6.07. The van der Waals surface area contributed by atoms with E-state index in [1.165, 1.54) is 0 Å². The summed E-state index contributed by atoms with van der Waals surface area (Å²) < 4.78 is 16.8. The van der Waals surface area contributed by atoms with Gasteiger partial charge in [0.1, 0.15) is 5.75 Å². The van der Waals surface area contributed by atoms with Crippen molar-refractivity contribution in [3.8, 4) is 17.2 Å². The fraction of sp³-hybridized carbons (Fsp3) is 0.381. The number of nitrogens with one attached hydrogen (secondary N) is 1. The van der Waals surface area contributed by atoms with Crippen LogP contribution in [0.25, 0.3) is 0 Å². The first-order valence-corrected chi connectivity index (χ1v) is 9.26. The molecule has 0 aromatic heterocycles. The van der Waals surface area contributed by atoms with Crippen LogP contribution in [0.4, 0.5) is 0 Å². The lowest BCUT2D eigenvalue weighted by Gasteiger charge is -2.25. The van der Waals surface area contributed by atoms with Gasteiger partial charge in [0.2, 0.25) is 0 Å². The largest absolute Gasteiger partial charge is 0.493 e. The van der Waals surface area contributed by atoms with Crippen molar-refractivity contribution < 1.29 is 19.0 Å². The van der Waals surface area contributed by atoms with Gasteiger partial charge in [0.15, 0.2) is 17.1 Å². The van der Waals surface area contributed by atoms with E-state index in [2.05, 4.69) is 5.32 Å². The number of hydrogen-bond donors (Lipinski definition) is 1. The van der Waals surface area contributed by atoms with Crippen LogP contribution in [0.1, 0.15) is 32.8 Å². The van der Waals surface area contributed by atoms with Crippen LogP contribution >= 0.6 is 11.6 Å². The van der Waals surface area contributed by atoms with Crippen LogP contribution in [0.5, 0.6) is 17.2 Å². The van der Waals surface area contributed by atoms with Crippen molar-refractivity contribution in [1.82, 2.24) is 5.32 Å². The van der Waals surface area contributed by atoms with Gasteiger partial charge in [0.05, 0.1) is 13.7 Å². The summed E-state index contributed by atoms with van der Waals surface area (Å²) in [6.07, 6.45) is 0.920. The predicted octanol–water partition coefficient (Wildman–Crippen LogP) is 4.61. The standard InChI is InChI=1S/C21H26ClNO4/c1-5-12-26-18-11-6-15(13-19(18)25-4)14-23-20(24)21(2,3)27-17-9-7-16(22)8-10-17/h6-11,13H,5,12,14H2,1-4H3,(H,23,24). The van der Waals surface area contributed by atoms with Gasteiger partial charge < -0.3 is 19.5 Å². The zero-order valence-electron chi connectivity index (χ0n) is 16.2. The van der Waals surface area contributed by atoms with Crippen molar-refractivity contribution in [3.63, 3.8) is 0 Å². The lowest BCUT2D eigenvalue weighted by molar-refractivity contribution is -0.134. The summed E-state index contributed by atoms with van der Waals surface area (Å²) >= 11 is 5.87. The normalized spacial score (nSPS) is 11.0. The Balaban J connectivity index is 1.98. The number of amides is 1. The molecule has 0 spiro atoms. The molecular weight excluding hydrogens is 366 g/mol. The van der Waals surface area contributed by atoms with Gasteiger partial charge in [0, 0.05) is 11.6 Å². The Kier molecular flexibility index (Phi) is 7.36. The molecule has 6 heteroatoms. The summed E-state index contributed by atoms with van der Waals surface area (Å²) in [5.74, 6) is 1.70. The Bertz CT molecular complexity index is 759. The molecule has 0 radical (unpaired) electrons. The van der Waals surface area contributed by atoms with Gasteiger partial charge >= 0.3 is 0 Å². The van der Waals surface area contributed by atoms with E-state index in [1.807, 2.05) is 25.1 Å². The minimum atomic E-state index is -1.03. The van der Waals surface area contributed by atoms with Gasteiger partial charge in [-0.3, -0.25) is 4.79 Å². The molecule has 146 valence electrons. The van der Waals surface area contributed by atoms with Crippen LogP contribution in [-0.4, -0.2) is 25.2 Å². The zero-order chi connectivity index (χ0) is 19.9. The van der Waals surface area contributed by atoms with Crippen molar-refractivity contribution in [2.24, 2.45) is 0 Å². The highest BCUT2D eigenvalue weighted by molar-refractivity contribution is 6.30. The second-order valence-electron chi connectivity index (χ2n) is 6.58. The van der Waals surface area contributed by atoms with E-state index in [1.54, 1.807) is 45.2 Å². The summed E-state index contributed by atoms with van der Waals surface area (Å²) in [6, 6.07) is 12.5. The van der Waals surface area contributed by atoms with E-state index < -0.39 is 5.60 Å². The number of benzene rings is 2. The third-order valence-electron chi connectivity index (χ3n) is 3.88. The number of methoxy groups -OCH3 is 1. The van der Waals surface area contributed by atoms with Crippen LogP contribution in [0.2, 0.25) is 5.02 Å². The van der Waals surface area contributed by atoms with Crippen LogP contribution in [-0.2, 0) is 11.3 Å². The number of rotatable bonds is 9. The van der Waals surface area contributed by atoms with Gasteiger partial charge in [-0.25, -0.2) is 0 Å². The fourth-order valence-corrected chi connectivity index (χ4v) is 2.52. The number of hydrogen-bond acceptors (Lipinski definition) is 4. The molecule has 2 rings (SSSR count). The molecule has 0 heterocycles. The monoisotopic (exact) mass is 391 g/mol. The highest BCUT2D eigenvalue weighted by Gasteiger charge is 2.29. The van der Waals surface area contributed by atoms with E-state index in [0.29, 0.717) is 35.4 Å². The maximum Gasteiger partial charge on any atom is 0.263 e.